The number of phenols is 1. The maximum absolute atomic E-state index is 11.1. The van der Waals surface area contributed by atoms with Crippen LogP contribution in [-0.2, 0) is 4.79 Å². The maximum atomic E-state index is 11.1. The van der Waals surface area contributed by atoms with Gasteiger partial charge < -0.3 is 10.2 Å². The van der Waals surface area contributed by atoms with Crippen LogP contribution in [0.25, 0.3) is 11.1 Å². The number of aliphatic carboxylic acids is 1. The summed E-state index contributed by atoms with van der Waals surface area (Å²) < 4.78 is 0. The zero-order chi connectivity index (χ0) is 20.8. The smallest absolute Gasteiger partial charge is 0.328 e. The van der Waals surface area contributed by atoms with Crippen molar-refractivity contribution < 1.29 is 15.0 Å². The van der Waals surface area contributed by atoms with Crippen LogP contribution in [-0.4, -0.2) is 16.2 Å². The summed E-state index contributed by atoms with van der Waals surface area (Å²) in [4.78, 5) is 11.1. The topological polar surface area (TPSA) is 57.5 Å². The van der Waals surface area contributed by atoms with Crippen molar-refractivity contribution in [3.05, 3.63) is 75.8 Å². The van der Waals surface area contributed by atoms with Crippen LogP contribution >= 0.6 is 11.6 Å². The van der Waals surface area contributed by atoms with Crippen LogP contribution in [0.1, 0.15) is 68.6 Å². The van der Waals surface area contributed by atoms with Crippen LogP contribution in [0, 0.1) is 0 Å². The van der Waals surface area contributed by atoms with Gasteiger partial charge in [0.05, 0.1) is 5.02 Å². The summed E-state index contributed by atoms with van der Waals surface area (Å²) in [5.41, 5.74) is 6.44. The highest BCUT2D eigenvalue weighted by atomic mass is 35.5. The van der Waals surface area contributed by atoms with E-state index in [0.717, 1.165) is 35.1 Å². The maximum Gasteiger partial charge on any atom is 0.328 e. The highest BCUT2D eigenvalue weighted by molar-refractivity contribution is 6.32. The third-order valence-electron chi connectivity index (χ3n) is 5.52. The molecule has 0 amide bonds. The van der Waals surface area contributed by atoms with Crippen molar-refractivity contribution in [2.24, 2.45) is 0 Å². The minimum atomic E-state index is -0.925. The Labute approximate surface area is 177 Å². The van der Waals surface area contributed by atoms with E-state index in [1.165, 1.54) is 42.9 Å². The third kappa shape index (κ3) is 5.30. The molecule has 1 saturated carbocycles. The SMILES string of the molecule is CC/C(=C\C(=O)O)c1ccc(C(=C2CCCCCC2)c2ccc(O)c(Cl)c2)cc1. The van der Waals surface area contributed by atoms with Crippen LogP contribution in [0.5, 0.6) is 5.75 Å². The Balaban J connectivity index is 2.08. The first-order chi connectivity index (χ1) is 14.0. The van der Waals surface area contributed by atoms with E-state index in [9.17, 15) is 9.90 Å². The fourth-order valence-corrected chi connectivity index (χ4v) is 4.21. The summed E-state index contributed by atoms with van der Waals surface area (Å²) in [7, 11) is 0. The molecule has 0 bridgehead atoms. The number of carboxylic acids is 1. The molecule has 0 unspecified atom stereocenters. The number of carboxylic acid groups (broad SMARTS) is 1. The van der Waals surface area contributed by atoms with Crippen LogP contribution in [0.3, 0.4) is 0 Å². The molecule has 0 aliphatic heterocycles. The van der Waals surface area contributed by atoms with Gasteiger partial charge in [-0.05, 0) is 72.1 Å². The molecule has 0 spiro atoms. The Morgan fingerprint density at radius 3 is 2.10 bits per heavy atom. The minimum absolute atomic E-state index is 0.0855. The summed E-state index contributed by atoms with van der Waals surface area (Å²) in [6.07, 6.45) is 8.95. The van der Waals surface area contributed by atoms with Gasteiger partial charge >= 0.3 is 5.97 Å². The lowest BCUT2D eigenvalue weighted by Gasteiger charge is -2.17. The van der Waals surface area contributed by atoms with Crippen molar-refractivity contribution in [2.45, 2.75) is 51.9 Å². The van der Waals surface area contributed by atoms with Gasteiger partial charge in [-0.2, -0.15) is 0 Å². The number of halogens is 1. The fraction of sp³-hybridized carbons (Fsp3) is 0.320. The highest BCUT2D eigenvalue weighted by Gasteiger charge is 2.16. The summed E-state index contributed by atoms with van der Waals surface area (Å²) in [6, 6.07) is 13.5. The van der Waals surface area contributed by atoms with Crippen LogP contribution in [0.15, 0.2) is 54.1 Å². The predicted octanol–water partition coefficient (Wildman–Crippen LogP) is 7.08. The summed E-state index contributed by atoms with van der Waals surface area (Å²) in [5.74, 6) is -0.840. The number of phenolic OH excluding ortho intramolecular Hbond substituents is 1. The van der Waals surface area contributed by atoms with Crippen molar-refractivity contribution in [1.82, 2.24) is 0 Å². The molecule has 2 aromatic rings. The highest BCUT2D eigenvalue weighted by Crippen LogP contribution is 2.37. The molecule has 3 nitrogen and oxygen atoms in total. The van der Waals surface area contributed by atoms with Crippen LogP contribution in [0.2, 0.25) is 5.02 Å². The lowest BCUT2D eigenvalue weighted by Crippen LogP contribution is -1.97. The predicted molar refractivity (Wildman–Crippen MR) is 119 cm³/mol. The number of rotatable bonds is 5. The van der Waals surface area contributed by atoms with Crippen LogP contribution < -0.4 is 0 Å². The molecule has 4 heteroatoms. The number of benzene rings is 2. The zero-order valence-corrected chi connectivity index (χ0v) is 17.5. The summed E-state index contributed by atoms with van der Waals surface area (Å²) in [5, 5.41) is 19.3. The Bertz CT molecular complexity index is 929. The second-order valence-electron chi connectivity index (χ2n) is 7.50. The average Bonchev–Trinajstić information content (AvgIpc) is 2.99. The fourth-order valence-electron chi connectivity index (χ4n) is 4.03. The number of carbonyl (C=O) groups is 1. The largest absolute Gasteiger partial charge is 0.506 e. The number of allylic oxidation sites excluding steroid dienone is 2. The lowest BCUT2D eigenvalue weighted by atomic mass is 9.88. The lowest BCUT2D eigenvalue weighted by molar-refractivity contribution is -0.131. The summed E-state index contributed by atoms with van der Waals surface area (Å²) in [6.45, 7) is 1.96. The van der Waals surface area contributed by atoms with Crippen molar-refractivity contribution >= 4 is 28.7 Å². The first-order valence-electron chi connectivity index (χ1n) is 10.2. The molecule has 152 valence electrons. The van der Waals surface area contributed by atoms with E-state index >= 15 is 0 Å². The zero-order valence-electron chi connectivity index (χ0n) is 16.7. The molecule has 0 atom stereocenters. The van der Waals surface area contributed by atoms with E-state index in [2.05, 4.69) is 12.1 Å². The molecule has 29 heavy (non-hydrogen) atoms. The molecule has 0 aromatic heterocycles. The van der Waals surface area contributed by atoms with Crippen molar-refractivity contribution in [3.8, 4) is 5.75 Å². The second kappa shape index (κ2) is 9.80. The Hall–Kier alpha value is -2.52. The number of aromatic hydroxyl groups is 1. The van der Waals surface area contributed by atoms with E-state index in [1.54, 1.807) is 6.07 Å². The van der Waals surface area contributed by atoms with E-state index < -0.39 is 5.97 Å². The molecule has 1 fully saturated rings. The quantitative estimate of drug-likeness (QED) is 0.409. The van der Waals surface area contributed by atoms with Gasteiger partial charge in [-0.25, -0.2) is 4.79 Å². The first kappa shape index (κ1) is 21.2. The molecular weight excluding hydrogens is 384 g/mol. The van der Waals surface area contributed by atoms with Gasteiger partial charge in [0.1, 0.15) is 5.75 Å². The molecular formula is C25H27ClO3. The van der Waals surface area contributed by atoms with Crippen LogP contribution in [0.4, 0.5) is 0 Å². The van der Waals surface area contributed by atoms with Gasteiger partial charge in [-0.15, -0.1) is 0 Å². The van der Waals surface area contributed by atoms with Gasteiger partial charge in [0, 0.05) is 6.08 Å². The molecule has 2 aromatic carbocycles. The van der Waals surface area contributed by atoms with Crippen molar-refractivity contribution in [3.63, 3.8) is 0 Å². The van der Waals surface area contributed by atoms with Gasteiger partial charge in [-0.3, -0.25) is 0 Å². The van der Waals surface area contributed by atoms with Gasteiger partial charge in [0.2, 0.25) is 0 Å². The molecule has 0 heterocycles. The van der Waals surface area contributed by atoms with Gasteiger partial charge in [-0.1, -0.05) is 67.3 Å². The van der Waals surface area contributed by atoms with E-state index in [0.29, 0.717) is 11.4 Å². The standard InChI is InChI=1S/C25H27ClO3/c1-2-17(16-24(28)29)18-9-11-20(12-10-18)25(19-7-5-3-4-6-8-19)21-13-14-23(27)22(26)15-21/h9-16,27H,2-8H2,1H3,(H,28,29)/b17-16+. The van der Waals surface area contributed by atoms with Gasteiger partial charge in [0.15, 0.2) is 0 Å². The monoisotopic (exact) mass is 410 g/mol. The first-order valence-corrected chi connectivity index (χ1v) is 10.6. The number of hydrogen-bond donors (Lipinski definition) is 2. The molecule has 1 aliphatic carbocycles. The van der Waals surface area contributed by atoms with Crippen molar-refractivity contribution in [2.75, 3.05) is 0 Å². The molecule has 0 radical (unpaired) electrons. The summed E-state index contributed by atoms with van der Waals surface area (Å²) >= 11 is 6.21. The van der Waals surface area contributed by atoms with E-state index in [1.807, 2.05) is 31.2 Å². The van der Waals surface area contributed by atoms with Crippen molar-refractivity contribution in [1.29, 1.82) is 0 Å². The Morgan fingerprint density at radius 2 is 1.55 bits per heavy atom. The molecule has 1 aliphatic rings. The second-order valence-corrected chi connectivity index (χ2v) is 7.90. The van der Waals surface area contributed by atoms with E-state index in [-0.39, 0.29) is 5.75 Å². The molecule has 0 saturated heterocycles. The average molecular weight is 411 g/mol. The minimum Gasteiger partial charge on any atom is -0.506 e. The Morgan fingerprint density at radius 1 is 0.966 bits per heavy atom. The molecule has 2 N–H and O–H groups in total. The Kier molecular flexibility index (Phi) is 7.16. The van der Waals surface area contributed by atoms with Gasteiger partial charge in [0.25, 0.3) is 0 Å². The third-order valence-corrected chi connectivity index (χ3v) is 5.82. The number of hydrogen-bond acceptors (Lipinski definition) is 2. The van der Waals surface area contributed by atoms with E-state index in [4.69, 9.17) is 16.7 Å². The molecule has 3 rings (SSSR count). The normalized spacial score (nSPS) is 15.1.